The van der Waals surface area contributed by atoms with E-state index in [0.29, 0.717) is 12.8 Å². The zero-order valence-electron chi connectivity index (χ0n) is 8.09. The Bertz CT molecular complexity index is 359. The summed E-state index contributed by atoms with van der Waals surface area (Å²) in [5, 5.41) is 0. The van der Waals surface area contributed by atoms with Gasteiger partial charge in [-0.3, -0.25) is 0 Å². The number of benzene rings is 1. The summed E-state index contributed by atoms with van der Waals surface area (Å²) >= 11 is 0. The molecule has 0 fully saturated rings. The molecule has 0 spiro atoms. The summed E-state index contributed by atoms with van der Waals surface area (Å²) < 4.78 is 37.4. The highest BCUT2D eigenvalue weighted by molar-refractivity contribution is 5.36. The Morgan fingerprint density at radius 3 is 2.60 bits per heavy atom. The van der Waals surface area contributed by atoms with Gasteiger partial charge in [0.25, 0.3) is 0 Å². The number of halogens is 3. The Labute approximate surface area is 86.1 Å². The largest absolute Gasteiger partial charge is 0.404 e. The lowest BCUT2D eigenvalue weighted by Gasteiger charge is -2.22. The molecule has 1 aliphatic carbocycles. The van der Waals surface area contributed by atoms with Gasteiger partial charge in [0.2, 0.25) is 0 Å². The molecule has 1 aromatic rings. The van der Waals surface area contributed by atoms with Crippen molar-refractivity contribution in [1.82, 2.24) is 0 Å². The minimum atomic E-state index is -4.30. The summed E-state index contributed by atoms with van der Waals surface area (Å²) in [6, 6.07) is 5.50. The SMILES string of the molecule is NC(C1CCc2ccccc21)C(F)(F)F. The lowest BCUT2D eigenvalue weighted by molar-refractivity contribution is -0.152. The van der Waals surface area contributed by atoms with Gasteiger partial charge in [0.15, 0.2) is 0 Å². The first-order valence-corrected chi connectivity index (χ1v) is 4.90. The average molecular weight is 215 g/mol. The van der Waals surface area contributed by atoms with Crippen molar-refractivity contribution in [1.29, 1.82) is 0 Å². The second-order valence-electron chi connectivity index (χ2n) is 3.91. The van der Waals surface area contributed by atoms with Crippen molar-refractivity contribution < 1.29 is 13.2 Å². The molecule has 2 N–H and O–H groups in total. The first-order chi connectivity index (χ1) is 7.00. The fourth-order valence-electron chi connectivity index (χ4n) is 2.19. The van der Waals surface area contributed by atoms with Crippen molar-refractivity contribution in [3.8, 4) is 0 Å². The maximum atomic E-state index is 12.5. The van der Waals surface area contributed by atoms with E-state index in [4.69, 9.17) is 5.73 Å². The van der Waals surface area contributed by atoms with E-state index in [0.717, 1.165) is 11.1 Å². The molecule has 82 valence electrons. The van der Waals surface area contributed by atoms with Crippen LogP contribution in [0.5, 0.6) is 0 Å². The quantitative estimate of drug-likeness (QED) is 0.765. The molecule has 2 unspecified atom stereocenters. The third kappa shape index (κ3) is 1.86. The first kappa shape index (κ1) is 10.5. The van der Waals surface area contributed by atoms with Crippen molar-refractivity contribution in [2.24, 2.45) is 5.73 Å². The van der Waals surface area contributed by atoms with E-state index in [-0.39, 0.29) is 0 Å². The third-order valence-corrected chi connectivity index (χ3v) is 2.99. The number of hydrogen-bond acceptors (Lipinski definition) is 1. The number of nitrogens with two attached hydrogens (primary N) is 1. The fraction of sp³-hybridized carbons (Fsp3) is 0.455. The number of alkyl halides is 3. The predicted octanol–water partition coefficient (Wildman–Crippen LogP) is 2.61. The molecule has 1 aliphatic rings. The second kappa shape index (κ2) is 3.52. The summed E-state index contributed by atoms with van der Waals surface area (Å²) in [5.41, 5.74) is 7.01. The van der Waals surface area contributed by atoms with E-state index in [1.165, 1.54) is 0 Å². The standard InChI is InChI=1S/C11H12F3N/c12-11(13,14)10(15)9-6-5-7-3-1-2-4-8(7)9/h1-4,9-10H,5-6,15H2. The van der Waals surface area contributed by atoms with E-state index < -0.39 is 18.1 Å². The van der Waals surface area contributed by atoms with Crippen LogP contribution >= 0.6 is 0 Å². The summed E-state index contributed by atoms with van der Waals surface area (Å²) in [4.78, 5) is 0. The zero-order valence-corrected chi connectivity index (χ0v) is 8.09. The highest BCUT2D eigenvalue weighted by Crippen LogP contribution is 2.39. The number of hydrogen-bond donors (Lipinski definition) is 1. The van der Waals surface area contributed by atoms with Crippen LogP contribution in [0.2, 0.25) is 0 Å². The third-order valence-electron chi connectivity index (χ3n) is 2.99. The van der Waals surface area contributed by atoms with Crippen molar-refractivity contribution in [2.75, 3.05) is 0 Å². The molecule has 0 saturated carbocycles. The molecule has 15 heavy (non-hydrogen) atoms. The van der Waals surface area contributed by atoms with Crippen LogP contribution in [0.3, 0.4) is 0 Å². The summed E-state index contributed by atoms with van der Waals surface area (Å²) in [7, 11) is 0. The van der Waals surface area contributed by atoms with Gasteiger partial charge in [-0.15, -0.1) is 0 Å². The van der Waals surface area contributed by atoms with Gasteiger partial charge in [-0.05, 0) is 24.0 Å². The van der Waals surface area contributed by atoms with Crippen LogP contribution in [0.15, 0.2) is 24.3 Å². The molecule has 1 nitrogen and oxygen atoms in total. The molecule has 0 amide bonds. The summed E-state index contributed by atoms with van der Waals surface area (Å²) in [6.45, 7) is 0. The van der Waals surface area contributed by atoms with Crippen LogP contribution < -0.4 is 5.73 Å². The van der Waals surface area contributed by atoms with Crippen LogP contribution in [0.1, 0.15) is 23.5 Å². The Kier molecular flexibility index (Phi) is 2.46. The van der Waals surface area contributed by atoms with Gasteiger partial charge in [-0.2, -0.15) is 13.2 Å². The monoisotopic (exact) mass is 215 g/mol. The number of fused-ring (bicyclic) bond motifs is 1. The molecule has 0 aliphatic heterocycles. The summed E-state index contributed by atoms with van der Waals surface area (Å²) in [5.74, 6) is -0.568. The molecule has 2 rings (SSSR count). The van der Waals surface area contributed by atoms with Gasteiger partial charge in [-0.25, -0.2) is 0 Å². The average Bonchev–Trinajstić information content (AvgIpc) is 2.58. The highest BCUT2D eigenvalue weighted by atomic mass is 19.4. The highest BCUT2D eigenvalue weighted by Gasteiger charge is 2.44. The van der Waals surface area contributed by atoms with Gasteiger partial charge >= 0.3 is 6.18 Å². The van der Waals surface area contributed by atoms with Crippen LogP contribution in [0, 0.1) is 0 Å². The van der Waals surface area contributed by atoms with Gasteiger partial charge in [0.05, 0.1) is 0 Å². The molecule has 0 radical (unpaired) electrons. The minimum Gasteiger partial charge on any atom is -0.320 e. The van der Waals surface area contributed by atoms with Crippen LogP contribution in [-0.4, -0.2) is 12.2 Å². The maximum absolute atomic E-state index is 12.5. The van der Waals surface area contributed by atoms with Crippen molar-refractivity contribution in [3.05, 3.63) is 35.4 Å². The van der Waals surface area contributed by atoms with Gasteiger partial charge < -0.3 is 5.73 Å². The van der Waals surface area contributed by atoms with E-state index >= 15 is 0 Å². The Hall–Kier alpha value is -1.03. The van der Waals surface area contributed by atoms with Crippen LogP contribution in [0.25, 0.3) is 0 Å². The topological polar surface area (TPSA) is 26.0 Å². The lowest BCUT2D eigenvalue weighted by Crippen LogP contribution is -2.41. The number of rotatable bonds is 1. The van der Waals surface area contributed by atoms with Crippen molar-refractivity contribution >= 4 is 0 Å². The predicted molar refractivity (Wildman–Crippen MR) is 51.5 cm³/mol. The Balaban J connectivity index is 2.28. The Morgan fingerprint density at radius 2 is 1.93 bits per heavy atom. The first-order valence-electron chi connectivity index (χ1n) is 4.90. The molecule has 1 aromatic carbocycles. The van der Waals surface area contributed by atoms with Gasteiger partial charge in [0, 0.05) is 5.92 Å². The molecule has 0 heterocycles. The molecule has 0 aromatic heterocycles. The Morgan fingerprint density at radius 1 is 1.27 bits per heavy atom. The lowest BCUT2D eigenvalue weighted by atomic mass is 9.93. The minimum absolute atomic E-state index is 0.500. The molecule has 0 bridgehead atoms. The van der Waals surface area contributed by atoms with Crippen molar-refractivity contribution in [3.63, 3.8) is 0 Å². The fourth-order valence-corrected chi connectivity index (χ4v) is 2.19. The normalized spacial score (nSPS) is 22.5. The van der Waals surface area contributed by atoms with E-state index in [1.807, 2.05) is 12.1 Å². The summed E-state index contributed by atoms with van der Waals surface area (Å²) in [6.07, 6.45) is -3.10. The molecular formula is C11H12F3N. The van der Waals surface area contributed by atoms with E-state index in [2.05, 4.69) is 0 Å². The van der Waals surface area contributed by atoms with Crippen LogP contribution in [0.4, 0.5) is 13.2 Å². The van der Waals surface area contributed by atoms with Gasteiger partial charge in [-0.1, -0.05) is 24.3 Å². The van der Waals surface area contributed by atoms with Crippen LogP contribution in [-0.2, 0) is 6.42 Å². The van der Waals surface area contributed by atoms with E-state index in [9.17, 15) is 13.2 Å². The smallest absolute Gasteiger partial charge is 0.320 e. The molecule has 4 heteroatoms. The zero-order chi connectivity index (χ0) is 11.1. The molecule has 2 atom stereocenters. The second-order valence-corrected chi connectivity index (χ2v) is 3.91. The van der Waals surface area contributed by atoms with E-state index in [1.54, 1.807) is 12.1 Å². The maximum Gasteiger partial charge on any atom is 0.404 e. The van der Waals surface area contributed by atoms with Gasteiger partial charge in [0.1, 0.15) is 6.04 Å². The molecular weight excluding hydrogens is 203 g/mol. The van der Waals surface area contributed by atoms with Crippen molar-refractivity contribution in [2.45, 2.75) is 31.0 Å². The number of aryl methyl sites for hydroxylation is 1. The molecule has 0 saturated heterocycles.